The molecule has 2 rings (SSSR count). The van der Waals surface area contributed by atoms with Gasteiger partial charge in [-0.3, -0.25) is 0 Å². The molecular formula is C19H26N2O3S. The molecular weight excluding hydrogens is 336 g/mol. The van der Waals surface area contributed by atoms with Crippen molar-refractivity contribution in [3.05, 3.63) is 60.2 Å². The molecule has 136 valence electrons. The van der Waals surface area contributed by atoms with E-state index in [-0.39, 0.29) is 4.90 Å². The molecule has 5 nitrogen and oxygen atoms in total. The summed E-state index contributed by atoms with van der Waals surface area (Å²) in [6.07, 6.45) is 1.58. The molecule has 0 aliphatic carbocycles. The summed E-state index contributed by atoms with van der Waals surface area (Å²) in [6, 6.07) is 16.3. The van der Waals surface area contributed by atoms with E-state index >= 15 is 0 Å². The summed E-state index contributed by atoms with van der Waals surface area (Å²) in [6.45, 7) is 1.94. The van der Waals surface area contributed by atoms with Crippen LogP contribution in [-0.4, -0.2) is 47.1 Å². The fraction of sp³-hybridized carbons (Fsp3) is 0.368. The van der Waals surface area contributed by atoms with Crippen molar-refractivity contribution in [3.63, 3.8) is 0 Å². The van der Waals surface area contributed by atoms with Gasteiger partial charge < -0.3 is 9.64 Å². The van der Waals surface area contributed by atoms with Crippen LogP contribution in [0.1, 0.15) is 12.0 Å². The van der Waals surface area contributed by atoms with E-state index in [0.717, 1.165) is 18.5 Å². The van der Waals surface area contributed by atoms with E-state index in [1.165, 1.54) is 0 Å². The lowest BCUT2D eigenvalue weighted by Crippen LogP contribution is -2.25. The Morgan fingerprint density at radius 1 is 1.00 bits per heavy atom. The number of ether oxygens (including phenoxy) is 1. The zero-order valence-electron chi connectivity index (χ0n) is 14.8. The molecule has 25 heavy (non-hydrogen) atoms. The Labute approximate surface area is 150 Å². The second-order valence-corrected chi connectivity index (χ2v) is 7.88. The Kier molecular flexibility index (Phi) is 7.43. The number of hydrogen-bond donors (Lipinski definition) is 1. The van der Waals surface area contributed by atoms with E-state index in [4.69, 9.17) is 4.74 Å². The van der Waals surface area contributed by atoms with Gasteiger partial charge in [-0.15, -0.1) is 0 Å². The van der Waals surface area contributed by atoms with Gasteiger partial charge in [0.05, 0.1) is 11.5 Å². The molecule has 0 atom stereocenters. The highest BCUT2D eigenvalue weighted by atomic mass is 32.2. The molecule has 0 spiro atoms. The smallest absolute Gasteiger partial charge is 0.240 e. The normalized spacial score (nSPS) is 11.6. The lowest BCUT2D eigenvalue weighted by molar-refractivity contribution is 0.281. The van der Waals surface area contributed by atoms with Gasteiger partial charge in [-0.1, -0.05) is 30.3 Å². The third-order valence-corrected chi connectivity index (χ3v) is 5.18. The first-order valence-corrected chi connectivity index (χ1v) is 9.87. The van der Waals surface area contributed by atoms with Gasteiger partial charge in [-0.2, -0.15) is 0 Å². The fourth-order valence-electron chi connectivity index (χ4n) is 2.34. The van der Waals surface area contributed by atoms with Crippen molar-refractivity contribution in [2.24, 2.45) is 0 Å². The highest BCUT2D eigenvalue weighted by Crippen LogP contribution is 2.16. The third-order valence-electron chi connectivity index (χ3n) is 3.70. The van der Waals surface area contributed by atoms with Crippen LogP contribution in [0.5, 0.6) is 5.75 Å². The van der Waals surface area contributed by atoms with Gasteiger partial charge in [-0.25, -0.2) is 13.1 Å². The van der Waals surface area contributed by atoms with Crippen LogP contribution in [0.15, 0.2) is 59.5 Å². The van der Waals surface area contributed by atoms with Crippen LogP contribution in [0, 0.1) is 0 Å². The molecule has 0 fully saturated rings. The van der Waals surface area contributed by atoms with E-state index in [1.54, 1.807) is 24.3 Å². The maximum atomic E-state index is 12.3. The van der Waals surface area contributed by atoms with Crippen LogP contribution in [0.3, 0.4) is 0 Å². The molecule has 2 aromatic carbocycles. The molecule has 0 heterocycles. The number of nitrogens with one attached hydrogen (secondary N) is 1. The predicted molar refractivity (Wildman–Crippen MR) is 100 cm³/mol. The summed E-state index contributed by atoms with van der Waals surface area (Å²) in [4.78, 5) is 2.35. The van der Waals surface area contributed by atoms with Crippen molar-refractivity contribution < 1.29 is 13.2 Å². The highest BCUT2D eigenvalue weighted by Gasteiger charge is 2.13. The maximum absolute atomic E-state index is 12.3. The minimum atomic E-state index is -3.50. The fourth-order valence-corrected chi connectivity index (χ4v) is 3.38. The van der Waals surface area contributed by atoms with Crippen LogP contribution in [0.2, 0.25) is 0 Å². The number of benzene rings is 2. The van der Waals surface area contributed by atoms with Gasteiger partial charge in [0.15, 0.2) is 0 Å². The van der Waals surface area contributed by atoms with Gasteiger partial charge in [0.25, 0.3) is 0 Å². The highest BCUT2D eigenvalue weighted by molar-refractivity contribution is 7.89. The summed E-state index contributed by atoms with van der Waals surface area (Å²) < 4.78 is 32.9. The summed E-state index contributed by atoms with van der Waals surface area (Å²) >= 11 is 0. The van der Waals surface area contributed by atoms with E-state index in [2.05, 4.69) is 9.62 Å². The zero-order valence-corrected chi connectivity index (χ0v) is 15.6. The van der Waals surface area contributed by atoms with E-state index in [1.807, 2.05) is 44.4 Å². The van der Waals surface area contributed by atoms with Crippen molar-refractivity contribution in [1.82, 2.24) is 9.62 Å². The minimum Gasteiger partial charge on any atom is -0.494 e. The van der Waals surface area contributed by atoms with E-state index in [9.17, 15) is 8.42 Å². The average molecular weight is 362 g/mol. The SMILES string of the molecule is CN(C)CCCOc1ccc(S(=O)(=O)NCCc2ccccc2)cc1. The molecule has 6 heteroatoms. The van der Waals surface area contributed by atoms with Crippen LogP contribution in [-0.2, 0) is 16.4 Å². The van der Waals surface area contributed by atoms with Gasteiger partial charge in [-0.05, 0) is 56.8 Å². The lowest BCUT2D eigenvalue weighted by atomic mass is 10.2. The molecule has 0 aliphatic rings. The molecule has 2 aromatic rings. The van der Waals surface area contributed by atoms with E-state index in [0.29, 0.717) is 25.3 Å². The topological polar surface area (TPSA) is 58.6 Å². The number of rotatable bonds is 10. The van der Waals surface area contributed by atoms with Crippen LogP contribution < -0.4 is 9.46 Å². The number of nitrogens with zero attached hydrogens (tertiary/aromatic N) is 1. The molecule has 0 amide bonds. The Balaban J connectivity index is 1.82. The predicted octanol–water partition coefficient (Wildman–Crippen LogP) is 2.54. The van der Waals surface area contributed by atoms with Crippen molar-refractivity contribution in [2.75, 3.05) is 33.8 Å². The summed E-state index contributed by atoms with van der Waals surface area (Å²) in [5.41, 5.74) is 1.10. The third kappa shape index (κ3) is 6.86. The summed E-state index contributed by atoms with van der Waals surface area (Å²) in [5.74, 6) is 0.682. The second kappa shape index (κ2) is 9.56. The van der Waals surface area contributed by atoms with Crippen molar-refractivity contribution in [3.8, 4) is 5.75 Å². The maximum Gasteiger partial charge on any atom is 0.240 e. The van der Waals surface area contributed by atoms with Crippen LogP contribution >= 0.6 is 0 Å². The Hall–Kier alpha value is -1.89. The summed E-state index contributed by atoms with van der Waals surface area (Å²) in [7, 11) is 0.541. The molecule has 0 unspecified atom stereocenters. The quantitative estimate of drug-likeness (QED) is 0.660. The lowest BCUT2D eigenvalue weighted by Gasteiger charge is -2.11. The molecule has 0 aromatic heterocycles. The largest absolute Gasteiger partial charge is 0.494 e. The number of sulfonamides is 1. The van der Waals surface area contributed by atoms with E-state index < -0.39 is 10.0 Å². The van der Waals surface area contributed by atoms with Crippen LogP contribution in [0.25, 0.3) is 0 Å². The molecule has 0 aliphatic heterocycles. The van der Waals surface area contributed by atoms with Crippen molar-refractivity contribution in [2.45, 2.75) is 17.7 Å². The monoisotopic (exact) mass is 362 g/mol. The minimum absolute atomic E-state index is 0.251. The van der Waals surface area contributed by atoms with Crippen LogP contribution in [0.4, 0.5) is 0 Å². The van der Waals surface area contributed by atoms with Gasteiger partial charge >= 0.3 is 0 Å². The molecule has 0 bridgehead atoms. The average Bonchev–Trinajstić information content (AvgIpc) is 2.60. The molecule has 0 saturated carbocycles. The first kappa shape index (κ1) is 19.4. The first-order chi connectivity index (χ1) is 12.0. The standard InChI is InChI=1S/C19H26N2O3S/c1-21(2)15-6-16-24-18-9-11-19(12-10-18)25(22,23)20-14-13-17-7-4-3-5-8-17/h3-5,7-12,20H,6,13-16H2,1-2H3. The Morgan fingerprint density at radius 2 is 1.68 bits per heavy atom. The van der Waals surface area contributed by atoms with Gasteiger partial charge in [0, 0.05) is 13.1 Å². The van der Waals surface area contributed by atoms with Crippen molar-refractivity contribution >= 4 is 10.0 Å². The molecule has 1 N–H and O–H groups in total. The number of hydrogen-bond acceptors (Lipinski definition) is 4. The second-order valence-electron chi connectivity index (χ2n) is 6.11. The molecule has 0 radical (unpaired) electrons. The Bertz CT molecular complexity index is 729. The summed E-state index contributed by atoms with van der Waals surface area (Å²) in [5, 5.41) is 0. The first-order valence-electron chi connectivity index (χ1n) is 8.38. The zero-order chi connectivity index (χ0) is 18.1. The van der Waals surface area contributed by atoms with Gasteiger partial charge in [0.1, 0.15) is 5.75 Å². The molecule has 0 saturated heterocycles. The van der Waals surface area contributed by atoms with Crippen molar-refractivity contribution in [1.29, 1.82) is 0 Å². The Morgan fingerprint density at radius 3 is 2.32 bits per heavy atom. The van der Waals surface area contributed by atoms with Gasteiger partial charge in [0.2, 0.25) is 10.0 Å².